The van der Waals surface area contributed by atoms with Gasteiger partial charge in [-0.15, -0.1) is 0 Å². The summed E-state index contributed by atoms with van der Waals surface area (Å²) in [6.07, 6.45) is 3.20. The Kier molecular flexibility index (Phi) is 5.87. The van der Waals surface area contributed by atoms with Crippen LogP contribution in [0.5, 0.6) is 0 Å². The van der Waals surface area contributed by atoms with Crippen LogP contribution in [0.4, 0.5) is 5.82 Å². The summed E-state index contributed by atoms with van der Waals surface area (Å²) in [6, 6.07) is 15.5. The molecule has 150 valence electrons. The molecule has 1 aromatic heterocycles. The zero-order valence-corrected chi connectivity index (χ0v) is 17.2. The van der Waals surface area contributed by atoms with Crippen molar-refractivity contribution < 1.29 is 14.3 Å². The zero-order chi connectivity index (χ0) is 21.0. The first kappa shape index (κ1) is 20.4. The normalized spacial score (nSPS) is 11.7. The van der Waals surface area contributed by atoms with Crippen LogP contribution in [0, 0.1) is 0 Å². The number of hydrogen-bond acceptors (Lipinski definition) is 3. The second-order valence-electron chi connectivity index (χ2n) is 7.84. The van der Waals surface area contributed by atoms with Crippen LogP contribution in [-0.4, -0.2) is 23.5 Å². The second kappa shape index (κ2) is 8.35. The van der Waals surface area contributed by atoms with Gasteiger partial charge in [-0.05, 0) is 35.6 Å². The van der Waals surface area contributed by atoms with Gasteiger partial charge in [0.15, 0.2) is 0 Å². The predicted octanol–water partition coefficient (Wildman–Crippen LogP) is 5.29. The van der Waals surface area contributed by atoms with E-state index in [2.05, 4.69) is 43.2 Å². The van der Waals surface area contributed by atoms with Crippen LogP contribution in [0.25, 0.3) is 17.0 Å². The summed E-state index contributed by atoms with van der Waals surface area (Å²) in [4.78, 5) is 27.9. The van der Waals surface area contributed by atoms with Crippen molar-refractivity contribution in [2.45, 2.75) is 33.1 Å². The van der Waals surface area contributed by atoms with Gasteiger partial charge in [0.25, 0.3) is 0 Å². The first-order valence-electron chi connectivity index (χ1n) is 9.67. The van der Waals surface area contributed by atoms with E-state index >= 15 is 0 Å². The number of amides is 1. The summed E-state index contributed by atoms with van der Waals surface area (Å²) >= 11 is 0. The van der Waals surface area contributed by atoms with Gasteiger partial charge in [-0.1, -0.05) is 63.2 Å². The molecule has 5 heteroatoms. The number of benzene rings is 2. The molecular formula is C24H26N2O3. The third kappa shape index (κ3) is 4.74. The first-order chi connectivity index (χ1) is 13.8. The molecule has 29 heavy (non-hydrogen) atoms. The highest BCUT2D eigenvalue weighted by Crippen LogP contribution is 2.27. The lowest BCUT2D eigenvalue weighted by Crippen LogP contribution is -2.13. The fourth-order valence-corrected chi connectivity index (χ4v) is 3.08. The van der Waals surface area contributed by atoms with Crippen LogP contribution >= 0.6 is 0 Å². The lowest BCUT2D eigenvalue weighted by atomic mass is 9.87. The Morgan fingerprint density at radius 2 is 1.76 bits per heavy atom. The molecule has 0 atom stereocenters. The molecule has 5 nitrogen and oxygen atoms in total. The maximum atomic E-state index is 12.5. The Morgan fingerprint density at radius 1 is 1.07 bits per heavy atom. The number of esters is 1. The highest BCUT2D eigenvalue weighted by molar-refractivity contribution is 6.13. The number of anilines is 1. The van der Waals surface area contributed by atoms with E-state index in [0.29, 0.717) is 16.8 Å². The third-order valence-corrected chi connectivity index (χ3v) is 4.64. The second-order valence-corrected chi connectivity index (χ2v) is 7.84. The smallest absolute Gasteiger partial charge is 0.342 e. The number of fused-ring (bicyclic) bond motifs is 1. The summed E-state index contributed by atoms with van der Waals surface area (Å²) in [5, 5.41) is 3.47. The molecule has 1 amide bonds. The number of aromatic nitrogens is 1. The van der Waals surface area contributed by atoms with Gasteiger partial charge in [0.1, 0.15) is 11.4 Å². The van der Waals surface area contributed by atoms with Gasteiger partial charge in [0.05, 0.1) is 6.61 Å². The minimum Gasteiger partial charge on any atom is -0.462 e. The number of para-hydroxylation sites is 1. The number of aromatic amines is 1. The Morgan fingerprint density at radius 3 is 2.41 bits per heavy atom. The number of H-pyrrole nitrogens is 1. The van der Waals surface area contributed by atoms with Crippen molar-refractivity contribution in [2.24, 2.45) is 0 Å². The van der Waals surface area contributed by atoms with E-state index in [1.165, 1.54) is 11.6 Å². The molecule has 0 fully saturated rings. The topological polar surface area (TPSA) is 71.2 Å². The molecule has 0 saturated heterocycles. The summed E-state index contributed by atoms with van der Waals surface area (Å²) in [5.41, 5.74) is 3.33. The van der Waals surface area contributed by atoms with Crippen LogP contribution in [0.15, 0.2) is 54.6 Å². The van der Waals surface area contributed by atoms with Gasteiger partial charge in [-0.25, -0.2) is 4.79 Å². The van der Waals surface area contributed by atoms with Crippen molar-refractivity contribution in [2.75, 3.05) is 11.9 Å². The molecule has 0 aliphatic carbocycles. The highest BCUT2D eigenvalue weighted by Gasteiger charge is 2.20. The van der Waals surface area contributed by atoms with Gasteiger partial charge in [0, 0.05) is 17.0 Å². The van der Waals surface area contributed by atoms with Gasteiger partial charge in [-0.2, -0.15) is 0 Å². The third-order valence-electron chi connectivity index (χ3n) is 4.64. The van der Waals surface area contributed by atoms with Gasteiger partial charge < -0.3 is 15.0 Å². The average molecular weight is 390 g/mol. The van der Waals surface area contributed by atoms with Crippen LogP contribution < -0.4 is 5.32 Å². The molecule has 2 N–H and O–H groups in total. The average Bonchev–Trinajstić information content (AvgIpc) is 3.04. The van der Waals surface area contributed by atoms with Gasteiger partial charge in [-0.3, -0.25) is 4.79 Å². The van der Waals surface area contributed by atoms with Crippen LogP contribution in [0.1, 0.15) is 49.2 Å². The lowest BCUT2D eigenvalue weighted by molar-refractivity contribution is -0.111. The molecule has 0 bridgehead atoms. The Bertz CT molecular complexity index is 1050. The molecule has 3 rings (SSSR count). The number of nitrogens with one attached hydrogen (secondary N) is 2. The number of ether oxygens (including phenoxy) is 1. The molecule has 0 radical (unpaired) electrons. The summed E-state index contributed by atoms with van der Waals surface area (Å²) in [5.74, 6) is -0.466. The van der Waals surface area contributed by atoms with E-state index in [4.69, 9.17) is 4.74 Å². The van der Waals surface area contributed by atoms with E-state index in [1.54, 1.807) is 13.0 Å². The zero-order valence-electron chi connectivity index (χ0n) is 17.2. The Hall–Kier alpha value is -3.34. The summed E-state index contributed by atoms with van der Waals surface area (Å²) in [6.45, 7) is 8.49. The van der Waals surface area contributed by atoms with Crippen molar-refractivity contribution in [1.82, 2.24) is 4.98 Å². The number of carbonyl (C=O) groups excluding carboxylic acids is 2. The number of rotatable bonds is 5. The number of hydrogen-bond donors (Lipinski definition) is 2. The minimum atomic E-state index is -0.470. The molecule has 3 aromatic rings. The molecule has 2 aromatic carbocycles. The molecule has 0 aliphatic rings. The monoisotopic (exact) mass is 390 g/mol. The minimum absolute atomic E-state index is 0.0821. The predicted molar refractivity (Wildman–Crippen MR) is 117 cm³/mol. The molecule has 0 aliphatic heterocycles. The van der Waals surface area contributed by atoms with Crippen LogP contribution in [0.3, 0.4) is 0 Å². The van der Waals surface area contributed by atoms with E-state index in [1.807, 2.05) is 36.4 Å². The van der Waals surface area contributed by atoms with Crippen molar-refractivity contribution in [3.8, 4) is 0 Å². The largest absolute Gasteiger partial charge is 0.462 e. The lowest BCUT2D eigenvalue weighted by Gasteiger charge is -2.18. The fourth-order valence-electron chi connectivity index (χ4n) is 3.08. The van der Waals surface area contributed by atoms with Gasteiger partial charge in [0.2, 0.25) is 5.91 Å². The van der Waals surface area contributed by atoms with Crippen molar-refractivity contribution in [1.29, 1.82) is 0 Å². The SMILES string of the molecule is CCOC(=O)c1c(NC(=O)/C=C/c2ccc(C(C)(C)C)cc2)[nH]c2ccccc12. The molecule has 0 spiro atoms. The van der Waals surface area contributed by atoms with E-state index in [0.717, 1.165) is 11.1 Å². The van der Waals surface area contributed by atoms with Crippen LogP contribution in [-0.2, 0) is 14.9 Å². The molecular weight excluding hydrogens is 364 g/mol. The van der Waals surface area contributed by atoms with E-state index in [9.17, 15) is 9.59 Å². The van der Waals surface area contributed by atoms with E-state index in [-0.39, 0.29) is 17.9 Å². The molecule has 0 unspecified atom stereocenters. The summed E-state index contributed by atoms with van der Waals surface area (Å²) < 4.78 is 5.16. The van der Waals surface area contributed by atoms with Crippen molar-refractivity contribution >= 4 is 34.7 Å². The summed E-state index contributed by atoms with van der Waals surface area (Å²) in [7, 11) is 0. The number of carbonyl (C=O) groups is 2. The highest BCUT2D eigenvalue weighted by atomic mass is 16.5. The maximum Gasteiger partial charge on any atom is 0.342 e. The van der Waals surface area contributed by atoms with Crippen molar-refractivity contribution in [3.63, 3.8) is 0 Å². The Labute approximate surface area is 170 Å². The molecule has 1 heterocycles. The Balaban J connectivity index is 1.80. The standard InChI is InChI=1S/C24H26N2O3/c1-5-29-23(28)21-18-8-6-7-9-19(18)25-22(21)26-20(27)15-12-16-10-13-17(14-11-16)24(2,3)4/h6-15,25H,5H2,1-4H3,(H,26,27)/b15-12+. The van der Waals surface area contributed by atoms with E-state index < -0.39 is 5.97 Å². The van der Waals surface area contributed by atoms with Crippen molar-refractivity contribution in [3.05, 3.63) is 71.3 Å². The maximum absolute atomic E-state index is 12.5. The fraction of sp³-hybridized carbons (Fsp3) is 0.250. The quantitative estimate of drug-likeness (QED) is 0.459. The van der Waals surface area contributed by atoms with Gasteiger partial charge >= 0.3 is 5.97 Å². The molecule has 0 saturated carbocycles. The first-order valence-corrected chi connectivity index (χ1v) is 9.67. The van der Waals surface area contributed by atoms with Crippen LogP contribution in [0.2, 0.25) is 0 Å².